The van der Waals surface area contributed by atoms with E-state index >= 15 is 0 Å². The molecule has 6 heteroatoms. The zero-order valence-electron chi connectivity index (χ0n) is 14.2. The highest BCUT2D eigenvalue weighted by atomic mass is 35.5. The van der Waals surface area contributed by atoms with Crippen LogP contribution in [0.15, 0.2) is 72.4 Å². The number of amides is 1. The Hall–Kier alpha value is -3.49. The van der Waals surface area contributed by atoms with Gasteiger partial charge in [0.2, 0.25) is 0 Å². The summed E-state index contributed by atoms with van der Waals surface area (Å²) in [7, 11) is 0. The Kier molecular flexibility index (Phi) is 5.60. The Balaban J connectivity index is 1.73. The number of anilines is 1. The molecule has 0 atom stereocenters. The summed E-state index contributed by atoms with van der Waals surface area (Å²) < 4.78 is 0. The Morgan fingerprint density at radius 3 is 2.52 bits per heavy atom. The average Bonchev–Trinajstić information content (AvgIpc) is 2.67. The molecular formula is C21H16ClN3O2. The number of rotatable bonds is 5. The van der Waals surface area contributed by atoms with Gasteiger partial charge in [-0.3, -0.25) is 4.79 Å². The van der Waals surface area contributed by atoms with Crippen molar-refractivity contribution in [2.45, 2.75) is 6.54 Å². The number of carbonyl (C=O) groups is 1. The number of nitrogens with zero attached hydrogens (tertiary/aromatic N) is 1. The van der Waals surface area contributed by atoms with Gasteiger partial charge in [-0.05, 0) is 29.8 Å². The summed E-state index contributed by atoms with van der Waals surface area (Å²) in [4.78, 5) is 12.4. The highest BCUT2D eigenvalue weighted by molar-refractivity contribution is 6.30. The minimum Gasteiger partial charge on any atom is -0.507 e. The molecule has 0 aliphatic heterocycles. The van der Waals surface area contributed by atoms with Crippen LogP contribution in [0.25, 0.3) is 10.8 Å². The first kappa shape index (κ1) is 18.3. The van der Waals surface area contributed by atoms with Crippen LogP contribution in [0.5, 0.6) is 5.75 Å². The maximum Gasteiger partial charge on any atom is 0.267 e. The van der Waals surface area contributed by atoms with Crippen LogP contribution in [-0.2, 0) is 11.3 Å². The van der Waals surface area contributed by atoms with Gasteiger partial charge < -0.3 is 15.7 Å². The van der Waals surface area contributed by atoms with E-state index in [1.165, 1.54) is 6.20 Å². The van der Waals surface area contributed by atoms with Gasteiger partial charge in [0.15, 0.2) is 0 Å². The van der Waals surface area contributed by atoms with E-state index in [4.69, 9.17) is 11.6 Å². The minimum absolute atomic E-state index is 0.0545. The zero-order valence-corrected chi connectivity index (χ0v) is 15.0. The molecule has 3 N–H and O–H groups in total. The Morgan fingerprint density at radius 1 is 1.07 bits per heavy atom. The maximum absolute atomic E-state index is 12.4. The third-order valence-corrected chi connectivity index (χ3v) is 4.23. The summed E-state index contributed by atoms with van der Waals surface area (Å²) >= 11 is 5.84. The van der Waals surface area contributed by atoms with Gasteiger partial charge in [0.1, 0.15) is 17.4 Å². The van der Waals surface area contributed by atoms with Gasteiger partial charge in [0.05, 0.1) is 0 Å². The maximum atomic E-state index is 12.4. The van der Waals surface area contributed by atoms with E-state index in [2.05, 4.69) is 10.6 Å². The molecule has 0 bridgehead atoms. The molecule has 0 heterocycles. The van der Waals surface area contributed by atoms with Crippen LogP contribution < -0.4 is 10.6 Å². The van der Waals surface area contributed by atoms with Gasteiger partial charge in [-0.1, -0.05) is 48.0 Å². The fourth-order valence-electron chi connectivity index (χ4n) is 2.61. The standard InChI is InChI=1S/C21H16ClN3O2/c22-16-9-7-14(8-10-16)12-24-13-15(11-23)21(27)25-19-5-1-4-18-17(19)3-2-6-20(18)26/h1-10,13,24,26H,12H2,(H,25,27)/b15-13-. The number of halogens is 1. The van der Waals surface area contributed by atoms with E-state index in [1.54, 1.807) is 48.5 Å². The fraction of sp³-hybridized carbons (Fsp3) is 0.0476. The average molecular weight is 378 g/mol. The SMILES string of the molecule is N#C/C(=C/NCc1ccc(Cl)cc1)C(=O)Nc1cccc2c(O)cccc12. The van der Waals surface area contributed by atoms with Crippen LogP contribution >= 0.6 is 11.6 Å². The zero-order chi connectivity index (χ0) is 19.2. The molecule has 0 aliphatic rings. The van der Waals surface area contributed by atoms with Gasteiger partial charge in [-0.15, -0.1) is 0 Å². The van der Waals surface area contributed by atoms with Crippen molar-refractivity contribution >= 4 is 34.0 Å². The minimum atomic E-state index is -0.531. The van der Waals surface area contributed by atoms with Gasteiger partial charge >= 0.3 is 0 Å². The van der Waals surface area contributed by atoms with Crippen LogP contribution in [0, 0.1) is 11.3 Å². The molecule has 3 rings (SSSR count). The molecule has 0 fully saturated rings. The second kappa shape index (κ2) is 8.26. The number of carbonyl (C=O) groups excluding carboxylic acids is 1. The molecule has 5 nitrogen and oxygen atoms in total. The van der Waals surface area contributed by atoms with E-state index in [1.807, 2.05) is 18.2 Å². The summed E-state index contributed by atoms with van der Waals surface area (Å²) in [5.41, 5.74) is 1.44. The first-order chi connectivity index (χ1) is 13.1. The van der Waals surface area contributed by atoms with Gasteiger partial charge in [0.25, 0.3) is 5.91 Å². The lowest BCUT2D eigenvalue weighted by Gasteiger charge is -2.09. The number of benzene rings is 3. The predicted octanol–water partition coefficient (Wildman–Crippen LogP) is 4.33. The molecule has 0 radical (unpaired) electrons. The molecule has 0 aliphatic carbocycles. The van der Waals surface area contributed by atoms with Crippen molar-refractivity contribution < 1.29 is 9.90 Å². The van der Waals surface area contributed by atoms with E-state index < -0.39 is 5.91 Å². The number of aromatic hydroxyl groups is 1. The highest BCUT2D eigenvalue weighted by Crippen LogP contribution is 2.29. The molecule has 0 unspecified atom stereocenters. The lowest BCUT2D eigenvalue weighted by molar-refractivity contribution is -0.112. The number of nitrogens with one attached hydrogen (secondary N) is 2. The van der Waals surface area contributed by atoms with Crippen LogP contribution in [0.3, 0.4) is 0 Å². The smallest absolute Gasteiger partial charge is 0.267 e. The summed E-state index contributed by atoms with van der Waals surface area (Å²) in [6.45, 7) is 0.456. The van der Waals surface area contributed by atoms with Crippen LogP contribution in [-0.4, -0.2) is 11.0 Å². The number of phenols is 1. The van der Waals surface area contributed by atoms with Crippen molar-refractivity contribution in [2.75, 3.05) is 5.32 Å². The second-order valence-electron chi connectivity index (χ2n) is 5.81. The third kappa shape index (κ3) is 4.38. The second-order valence-corrected chi connectivity index (χ2v) is 6.25. The first-order valence-corrected chi connectivity index (χ1v) is 8.56. The lowest BCUT2D eigenvalue weighted by atomic mass is 10.1. The van der Waals surface area contributed by atoms with E-state index in [9.17, 15) is 15.2 Å². The Bertz CT molecular complexity index is 1050. The van der Waals surface area contributed by atoms with Crippen LogP contribution in [0.1, 0.15) is 5.56 Å². The van der Waals surface area contributed by atoms with E-state index in [0.717, 1.165) is 5.56 Å². The topological polar surface area (TPSA) is 85.2 Å². The van der Waals surface area contributed by atoms with Crippen molar-refractivity contribution in [3.05, 3.63) is 83.0 Å². The van der Waals surface area contributed by atoms with Crippen molar-refractivity contribution in [3.8, 4) is 11.8 Å². The van der Waals surface area contributed by atoms with Crippen molar-refractivity contribution in [3.63, 3.8) is 0 Å². The monoisotopic (exact) mass is 377 g/mol. The first-order valence-electron chi connectivity index (χ1n) is 8.18. The number of hydrogen-bond acceptors (Lipinski definition) is 4. The molecule has 0 spiro atoms. The molecule has 134 valence electrons. The van der Waals surface area contributed by atoms with E-state index in [-0.39, 0.29) is 11.3 Å². The van der Waals surface area contributed by atoms with Crippen LogP contribution in [0.4, 0.5) is 5.69 Å². The molecule has 3 aromatic carbocycles. The Labute approximate surface area is 161 Å². The van der Waals surface area contributed by atoms with E-state index in [0.29, 0.717) is 28.0 Å². The molecule has 27 heavy (non-hydrogen) atoms. The summed E-state index contributed by atoms with van der Waals surface area (Å²) in [5.74, 6) is -0.402. The number of fused-ring (bicyclic) bond motifs is 1. The van der Waals surface area contributed by atoms with Crippen molar-refractivity contribution in [1.82, 2.24) is 5.32 Å². The normalized spacial score (nSPS) is 11.0. The molecule has 0 aromatic heterocycles. The largest absolute Gasteiger partial charge is 0.507 e. The quantitative estimate of drug-likeness (QED) is 0.456. The number of nitriles is 1. The Morgan fingerprint density at radius 2 is 1.78 bits per heavy atom. The van der Waals surface area contributed by atoms with Gasteiger partial charge in [-0.2, -0.15) is 5.26 Å². The highest BCUT2D eigenvalue weighted by Gasteiger charge is 2.12. The van der Waals surface area contributed by atoms with Gasteiger partial charge in [0, 0.05) is 34.2 Å². The van der Waals surface area contributed by atoms with Gasteiger partial charge in [-0.25, -0.2) is 0 Å². The van der Waals surface area contributed by atoms with Crippen molar-refractivity contribution in [2.24, 2.45) is 0 Å². The summed E-state index contributed by atoms with van der Waals surface area (Å²) in [6.07, 6.45) is 1.38. The lowest BCUT2D eigenvalue weighted by Crippen LogP contribution is -2.16. The molecule has 0 saturated carbocycles. The molecule has 1 amide bonds. The molecule has 0 saturated heterocycles. The number of phenolic OH excluding ortho intramolecular Hbond substituents is 1. The molecule has 3 aromatic rings. The molecular weight excluding hydrogens is 362 g/mol. The van der Waals surface area contributed by atoms with Crippen molar-refractivity contribution in [1.29, 1.82) is 5.26 Å². The number of hydrogen-bond donors (Lipinski definition) is 3. The summed E-state index contributed by atoms with van der Waals surface area (Å²) in [6, 6.07) is 19.4. The fourth-order valence-corrected chi connectivity index (χ4v) is 2.74. The third-order valence-electron chi connectivity index (χ3n) is 3.98. The summed E-state index contributed by atoms with van der Waals surface area (Å²) in [5, 5.41) is 26.9. The predicted molar refractivity (Wildman–Crippen MR) is 106 cm³/mol. The van der Waals surface area contributed by atoms with Crippen LogP contribution in [0.2, 0.25) is 5.02 Å².